The largest absolute Gasteiger partial charge is 0.302 e. The van der Waals surface area contributed by atoms with E-state index < -0.39 is 4.92 Å². The van der Waals surface area contributed by atoms with Gasteiger partial charge in [-0.05, 0) is 25.2 Å². The van der Waals surface area contributed by atoms with Gasteiger partial charge in [0.2, 0.25) is 5.91 Å². The maximum absolute atomic E-state index is 12.2. The Morgan fingerprint density at radius 2 is 2.26 bits per heavy atom. The van der Waals surface area contributed by atoms with Gasteiger partial charge in [0.25, 0.3) is 5.69 Å². The molecule has 23 heavy (non-hydrogen) atoms. The summed E-state index contributed by atoms with van der Waals surface area (Å²) in [6.07, 6.45) is 3.05. The fourth-order valence-corrected chi connectivity index (χ4v) is 3.96. The van der Waals surface area contributed by atoms with Crippen LogP contribution in [0, 0.1) is 16.0 Å². The van der Waals surface area contributed by atoms with Gasteiger partial charge in [-0.1, -0.05) is 25.1 Å². The minimum atomic E-state index is -0.466. The van der Waals surface area contributed by atoms with Gasteiger partial charge in [0.05, 0.1) is 17.0 Å². The number of hydrogen-bond acceptors (Lipinski definition) is 5. The summed E-state index contributed by atoms with van der Waals surface area (Å²) in [6, 6.07) is 6.30. The van der Waals surface area contributed by atoms with Crippen molar-refractivity contribution in [1.29, 1.82) is 0 Å². The number of aromatic nitrogens is 1. The summed E-state index contributed by atoms with van der Waals surface area (Å²) in [7, 11) is 0. The van der Waals surface area contributed by atoms with Crippen LogP contribution in [0.25, 0.3) is 0 Å². The van der Waals surface area contributed by atoms with Gasteiger partial charge in [0.15, 0.2) is 5.13 Å². The fraction of sp³-hybridized carbons (Fsp3) is 0.375. The second kappa shape index (κ2) is 6.45. The summed E-state index contributed by atoms with van der Waals surface area (Å²) >= 11 is 1.51. The van der Waals surface area contributed by atoms with Crippen molar-refractivity contribution in [2.24, 2.45) is 5.92 Å². The Labute approximate surface area is 137 Å². The lowest BCUT2D eigenvalue weighted by atomic mass is 9.93. The molecule has 0 aliphatic heterocycles. The number of nitrogens with zero attached hydrogens (tertiary/aromatic N) is 2. The zero-order chi connectivity index (χ0) is 16.4. The summed E-state index contributed by atoms with van der Waals surface area (Å²) in [4.78, 5) is 28.4. The molecule has 1 amide bonds. The van der Waals surface area contributed by atoms with Gasteiger partial charge >= 0.3 is 0 Å². The lowest BCUT2D eigenvalue weighted by Gasteiger charge is -2.15. The molecule has 7 heteroatoms. The first-order chi connectivity index (χ1) is 11.0. The fourth-order valence-electron chi connectivity index (χ4n) is 2.77. The molecule has 0 spiro atoms. The van der Waals surface area contributed by atoms with E-state index in [1.807, 2.05) is 0 Å². The first-order valence-corrected chi connectivity index (χ1v) is 8.35. The number of carbonyl (C=O) groups excluding carboxylic acids is 1. The normalized spacial score (nSPS) is 16.7. The van der Waals surface area contributed by atoms with E-state index in [9.17, 15) is 14.9 Å². The minimum Gasteiger partial charge on any atom is -0.302 e. The van der Waals surface area contributed by atoms with E-state index in [-0.39, 0.29) is 18.0 Å². The monoisotopic (exact) mass is 331 g/mol. The van der Waals surface area contributed by atoms with E-state index in [2.05, 4.69) is 17.2 Å². The molecular weight excluding hydrogens is 314 g/mol. The van der Waals surface area contributed by atoms with E-state index in [1.165, 1.54) is 22.3 Å². The molecule has 1 atom stereocenters. The molecule has 1 aliphatic carbocycles. The van der Waals surface area contributed by atoms with Crippen LogP contribution in [0.3, 0.4) is 0 Å². The molecule has 2 aromatic rings. The van der Waals surface area contributed by atoms with E-state index in [4.69, 9.17) is 0 Å². The van der Waals surface area contributed by atoms with Gasteiger partial charge in [0, 0.05) is 16.5 Å². The van der Waals surface area contributed by atoms with Crippen LogP contribution in [0.15, 0.2) is 24.3 Å². The van der Waals surface area contributed by atoms with Crippen molar-refractivity contribution in [1.82, 2.24) is 4.98 Å². The van der Waals surface area contributed by atoms with Crippen LogP contribution in [-0.2, 0) is 24.1 Å². The van der Waals surface area contributed by atoms with E-state index in [1.54, 1.807) is 18.2 Å². The molecular formula is C16H17N3O3S. The Bertz CT molecular complexity index is 757. The molecule has 0 saturated carbocycles. The molecule has 1 aromatic carbocycles. The van der Waals surface area contributed by atoms with E-state index in [0.717, 1.165) is 25.0 Å². The summed E-state index contributed by atoms with van der Waals surface area (Å²) in [5.74, 6) is 0.372. The van der Waals surface area contributed by atoms with E-state index in [0.29, 0.717) is 16.6 Å². The molecule has 1 aliphatic rings. The van der Waals surface area contributed by atoms with Crippen molar-refractivity contribution in [2.45, 2.75) is 32.6 Å². The van der Waals surface area contributed by atoms with Crippen LogP contribution in [0.2, 0.25) is 0 Å². The summed E-state index contributed by atoms with van der Waals surface area (Å²) in [6.45, 7) is 2.22. The number of thiazole rings is 1. The minimum absolute atomic E-state index is 0.0300. The summed E-state index contributed by atoms with van der Waals surface area (Å²) < 4.78 is 0. The van der Waals surface area contributed by atoms with Gasteiger partial charge in [-0.15, -0.1) is 11.3 Å². The van der Waals surface area contributed by atoms with Crippen LogP contribution < -0.4 is 5.32 Å². The van der Waals surface area contributed by atoms with Gasteiger partial charge in [-0.25, -0.2) is 4.98 Å². The molecule has 6 nitrogen and oxygen atoms in total. The average molecular weight is 331 g/mol. The number of benzene rings is 1. The van der Waals surface area contributed by atoms with Crippen molar-refractivity contribution in [3.8, 4) is 0 Å². The summed E-state index contributed by atoms with van der Waals surface area (Å²) in [5.41, 5.74) is 1.45. The smallest absolute Gasteiger partial charge is 0.273 e. The van der Waals surface area contributed by atoms with Gasteiger partial charge < -0.3 is 5.32 Å². The van der Waals surface area contributed by atoms with Crippen molar-refractivity contribution in [3.05, 3.63) is 50.5 Å². The van der Waals surface area contributed by atoms with Crippen LogP contribution >= 0.6 is 11.3 Å². The highest BCUT2D eigenvalue weighted by Crippen LogP contribution is 2.32. The molecule has 1 heterocycles. The van der Waals surface area contributed by atoms with Crippen LogP contribution in [0.1, 0.15) is 29.5 Å². The predicted molar refractivity (Wildman–Crippen MR) is 88.7 cm³/mol. The molecule has 0 fully saturated rings. The highest BCUT2D eigenvalue weighted by Gasteiger charge is 2.21. The number of nitro benzene ring substituents is 1. The highest BCUT2D eigenvalue weighted by molar-refractivity contribution is 7.15. The number of fused-ring (bicyclic) bond motifs is 1. The lowest BCUT2D eigenvalue weighted by Crippen LogP contribution is -2.15. The van der Waals surface area contributed by atoms with Crippen LogP contribution in [0.5, 0.6) is 0 Å². The number of carbonyl (C=O) groups is 1. The number of anilines is 1. The van der Waals surface area contributed by atoms with Crippen molar-refractivity contribution in [2.75, 3.05) is 5.32 Å². The number of amides is 1. The molecule has 1 N–H and O–H groups in total. The maximum atomic E-state index is 12.2. The number of rotatable bonds is 4. The Morgan fingerprint density at radius 1 is 1.48 bits per heavy atom. The van der Waals surface area contributed by atoms with Gasteiger partial charge in [-0.3, -0.25) is 14.9 Å². The SMILES string of the molecule is CC1CCc2nc(NC(=O)Cc3ccccc3[N+](=O)[O-])sc2C1. The third-order valence-electron chi connectivity index (χ3n) is 3.97. The second-order valence-electron chi connectivity index (χ2n) is 5.85. The van der Waals surface area contributed by atoms with Crippen LogP contribution in [0.4, 0.5) is 10.8 Å². The third-order valence-corrected chi connectivity index (χ3v) is 5.01. The molecule has 0 saturated heterocycles. The predicted octanol–water partition coefficient (Wildman–Crippen LogP) is 3.36. The Kier molecular flexibility index (Phi) is 4.38. The maximum Gasteiger partial charge on any atom is 0.273 e. The highest BCUT2D eigenvalue weighted by atomic mass is 32.1. The first kappa shape index (κ1) is 15.6. The van der Waals surface area contributed by atoms with Crippen molar-refractivity contribution >= 4 is 28.1 Å². The Morgan fingerprint density at radius 3 is 3.04 bits per heavy atom. The van der Waals surface area contributed by atoms with Gasteiger partial charge in [-0.2, -0.15) is 0 Å². The Hall–Kier alpha value is -2.28. The zero-order valence-electron chi connectivity index (χ0n) is 12.7. The standard InChI is InChI=1S/C16H17N3O3S/c1-10-6-7-12-14(8-10)23-16(17-12)18-15(20)9-11-4-2-3-5-13(11)19(21)22/h2-5,10H,6-9H2,1H3,(H,17,18,20). The quantitative estimate of drug-likeness (QED) is 0.687. The Balaban J connectivity index is 1.70. The molecule has 1 unspecified atom stereocenters. The molecule has 0 bridgehead atoms. The summed E-state index contributed by atoms with van der Waals surface area (Å²) in [5, 5.41) is 14.4. The third kappa shape index (κ3) is 3.56. The van der Waals surface area contributed by atoms with E-state index >= 15 is 0 Å². The number of nitro groups is 1. The number of nitrogens with one attached hydrogen (secondary N) is 1. The number of aryl methyl sites for hydroxylation is 1. The second-order valence-corrected chi connectivity index (χ2v) is 6.93. The van der Waals surface area contributed by atoms with Crippen molar-refractivity contribution in [3.63, 3.8) is 0 Å². The molecule has 3 rings (SSSR count). The van der Waals surface area contributed by atoms with Crippen LogP contribution in [-0.4, -0.2) is 15.8 Å². The van der Waals surface area contributed by atoms with Gasteiger partial charge in [0.1, 0.15) is 0 Å². The molecule has 120 valence electrons. The lowest BCUT2D eigenvalue weighted by molar-refractivity contribution is -0.385. The zero-order valence-corrected chi connectivity index (χ0v) is 13.6. The molecule has 0 radical (unpaired) electrons. The average Bonchev–Trinajstić information content (AvgIpc) is 2.88. The molecule has 1 aromatic heterocycles. The number of hydrogen-bond donors (Lipinski definition) is 1. The topological polar surface area (TPSA) is 85.1 Å². The van der Waals surface area contributed by atoms with Crippen molar-refractivity contribution < 1.29 is 9.72 Å². The first-order valence-electron chi connectivity index (χ1n) is 7.53. The number of para-hydroxylation sites is 1.